The molecule has 1 amide bonds. The first kappa shape index (κ1) is 25.9. The van der Waals surface area contributed by atoms with Crippen LogP contribution in [-0.2, 0) is 14.8 Å². The molecular formula is C24H30F2N2O5S. The number of hydrogen-bond acceptors (Lipinski definition) is 5. The number of alkyl halides is 2. The van der Waals surface area contributed by atoms with Crippen molar-refractivity contribution in [1.82, 2.24) is 4.31 Å². The van der Waals surface area contributed by atoms with E-state index in [0.29, 0.717) is 17.7 Å². The van der Waals surface area contributed by atoms with Gasteiger partial charge in [-0.2, -0.15) is 13.1 Å². The van der Waals surface area contributed by atoms with Crippen molar-refractivity contribution in [3.8, 4) is 11.5 Å². The molecule has 7 nitrogen and oxygen atoms in total. The number of anilines is 1. The lowest BCUT2D eigenvalue weighted by molar-refractivity contribution is -0.120. The molecule has 2 aromatic rings. The summed E-state index contributed by atoms with van der Waals surface area (Å²) in [5, 5.41) is 2.71. The summed E-state index contributed by atoms with van der Waals surface area (Å²) < 4.78 is 63.0. The Kier molecular flexibility index (Phi) is 7.82. The van der Waals surface area contributed by atoms with E-state index in [4.69, 9.17) is 4.74 Å². The van der Waals surface area contributed by atoms with Gasteiger partial charge in [-0.1, -0.05) is 6.07 Å². The van der Waals surface area contributed by atoms with Crippen molar-refractivity contribution in [1.29, 1.82) is 0 Å². The first-order chi connectivity index (χ1) is 15.9. The zero-order valence-corrected chi connectivity index (χ0v) is 20.8. The molecule has 1 saturated heterocycles. The van der Waals surface area contributed by atoms with Gasteiger partial charge in [-0.3, -0.25) is 4.79 Å². The number of nitrogens with one attached hydrogen (secondary N) is 1. The van der Waals surface area contributed by atoms with Gasteiger partial charge in [0.25, 0.3) is 0 Å². The molecule has 2 aromatic carbocycles. The summed E-state index contributed by atoms with van der Waals surface area (Å²) in [7, 11) is -2.37. The lowest BCUT2D eigenvalue weighted by Gasteiger charge is -2.32. The molecule has 3 rings (SSSR count). The van der Waals surface area contributed by atoms with Gasteiger partial charge < -0.3 is 14.8 Å². The first-order valence-electron chi connectivity index (χ1n) is 11.0. The van der Waals surface area contributed by atoms with Crippen LogP contribution in [0.5, 0.6) is 11.5 Å². The van der Waals surface area contributed by atoms with E-state index < -0.39 is 22.6 Å². The predicted molar refractivity (Wildman–Crippen MR) is 125 cm³/mol. The van der Waals surface area contributed by atoms with E-state index in [-0.39, 0.29) is 36.2 Å². The second-order valence-electron chi connectivity index (χ2n) is 8.50. The van der Waals surface area contributed by atoms with E-state index in [1.165, 1.54) is 29.6 Å². The van der Waals surface area contributed by atoms with Crippen molar-refractivity contribution >= 4 is 21.6 Å². The van der Waals surface area contributed by atoms with Crippen molar-refractivity contribution in [3.63, 3.8) is 0 Å². The van der Waals surface area contributed by atoms with Crippen LogP contribution in [0, 0.1) is 33.6 Å². The van der Waals surface area contributed by atoms with Crippen LogP contribution in [0.1, 0.15) is 35.1 Å². The van der Waals surface area contributed by atoms with Crippen molar-refractivity contribution in [2.45, 2.75) is 52.0 Å². The average molecular weight is 497 g/mol. The van der Waals surface area contributed by atoms with E-state index in [2.05, 4.69) is 10.1 Å². The number of rotatable bonds is 7. The topological polar surface area (TPSA) is 84.9 Å². The second-order valence-corrected chi connectivity index (χ2v) is 10.4. The van der Waals surface area contributed by atoms with Crippen molar-refractivity contribution < 1.29 is 31.5 Å². The fourth-order valence-corrected chi connectivity index (χ4v) is 6.29. The van der Waals surface area contributed by atoms with Gasteiger partial charge in [0.05, 0.1) is 12.0 Å². The maximum Gasteiger partial charge on any atom is 0.387 e. The van der Waals surface area contributed by atoms with Crippen LogP contribution in [0.2, 0.25) is 0 Å². The molecule has 1 fully saturated rings. The molecule has 1 heterocycles. The molecular weight excluding hydrogens is 466 g/mol. The third-order valence-corrected chi connectivity index (χ3v) is 8.54. The summed E-state index contributed by atoms with van der Waals surface area (Å²) in [4.78, 5) is 13.1. The molecule has 0 radical (unpaired) electrons. The minimum atomic E-state index is -3.70. The van der Waals surface area contributed by atoms with Crippen molar-refractivity contribution in [2.24, 2.45) is 5.92 Å². The fraction of sp³-hybridized carbons (Fsp3) is 0.458. The smallest absolute Gasteiger partial charge is 0.387 e. The van der Waals surface area contributed by atoms with Crippen LogP contribution in [-0.4, -0.2) is 45.4 Å². The van der Waals surface area contributed by atoms with Gasteiger partial charge in [0.15, 0.2) is 11.5 Å². The van der Waals surface area contributed by atoms with Gasteiger partial charge in [-0.05, 0) is 74.9 Å². The number of carbonyl (C=O) groups excluding carboxylic acids is 1. The molecule has 1 aliphatic heterocycles. The first-order valence-corrected chi connectivity index (χ1v) is 12.4. The summed E-state index contributed by atoms with van der Waals surface area (Å²) in [6.07, 6.45) is 0.703. The molecule has 1 N–H and O–H groups in total. The number of nitrogens with zero attached hydrogens (tertiary/aromatic N) is 1. The van der Waals surface area contributed by atoms with Crippen LogP contribution in [0.25, 0.3) is 0 Å². The molecule has 1 aliphatic rings. The highest BCUT2D eigenvalue weighted by Crippen LogP contribution is 2.33. The van der Waals surface area contributed by atoms with E-state index in [0.717, 1.165) is 22.3 Å². The molecule has 0 aromatic heterocycles. The molecule has 0 spiro atoms. The SMILES string of the molecule is COc1ccc(NC(=O)C2CCN(S(=O)(=O)c3c(C)c(C)cc(C)c3C)CC2)cc1OC(F)F. The standard InChI is InChI=1S/C24H30F2N2O5S/c1-14-12-15(2)17(4)22(16(14)3)34(30,31)28-10-8-18(9-11-28)23(29)27-19-6-7-20(32-5)21(13-19)33-24(25)26/h6-7,12-13,18,24H,8-11H2,1-5H3,(H,27,29). The van der Waals surface area contributed by atoms with Gasteiger partial charge >= 0.3 is 6.61 Å². The van der Waals surface area contributed by atoms with E-state index in [1.54, 1.807) is 0 Å². The third-order valence-electron chi connectivity index (χ3n) is 6.37. The molecule has 0 unspecified atom stereocenters. The van der Waals surface area contributed by atoms with Gasteiger partial charge in [0.1, 0.15) is 0 Å². The summed E-state index contributed by atoms with van der Waals surface area (Å²) in [6.45, 7) is 4.83. The Morgan fingerprint density at radius 2 is 1.62 bits per heavy atom. The molecule has 10 heteroatoms. The maximum absolute atomic E-state index is 13.4. The van der Waals surface area contributed by atoms with Crippen molar-refractivity contribution in [3.05, 3.63) is 46.5 Å². The van der Waals surface area contributed by atoms with E-state index in [9.17, 15) is 22.0 Å². The lowest BCUT2D eigenvalue weighted by Crippen LogP contribution is -2.41. The summed E-state index contributed by atoms with van der Waals surface area (Å²) >= 11 is 0. The number of piperidine rings is 1. The Labute approximate surface area is 199 Å². The van der Waals surface area contributed by atoms with E-state index in [1.807, 2.05) is 33.8 Å². The minimum absolute atomic E-state index is 0.119. The quantitative estimate of drug-likeness (QED) is 0.607. The highest BCUT2D eigenvalue weighted by molar-refractivity contribution is 7.89. The van der Waals surface area contributed by atoms with Gasteiger partial charge in [0, 0.05) is 30.8 Å². The van der Waals surface area contributed by atoms with Crippen LogP contribution < -0.4 is 14.8 Å². The number of halogens is 2. The maximum atomic E-state index is 13.4. The van der Waals surface area contributed by atoms with Gasteiger partial charge in [-0.25, -0.2) is 8.42 Å². The molecule has 0 bridgehead atoms. The van der Waals surface area contributed by atoms with Crippen molar-refractivity contribution in [2.75, 3.05) is 25.5 Å². The monoisotopic (exact) mass is 496 g/mol. The number of aryl methyl sites for hydroxylation is 2. The number of carbonyl (C=O) groups is 1. The van der Waals surface area contributed by atoms with Crippen LogP contribution in [0.4, 0.5) is 14.5 Å². The number of sulfonamides is 1. The number of amides is 1. The van der Waals surface area contributed by atoms with Crippen LogP contribution in [0.15, 0.2) is 29.2 Å². The zero-order valence-electron chi connectivity index (χ0n) is 19.9. The molecule has 186 valence electrons. The highest BCUT2D eigenvalue weighted by Gasteiger charge is 2.34. The zero-order chi connectivity index (χ0) is 25.2. The number of ether oxygens (including phenoxy) is 2. The summed E-state index contributed by atoms with van der Waals surface area (Å²) in [6, 6.07) is 6.21. The lowest BCUT2D eigenvalue weighted by atomic mass is 9.97. The number of hydrogen-bond donors (Lipinski definition) is 1. The van der Waals surface area contributed by atoms with E-state index >= 15 is 0 Å². The molecule has 0 atom stereocenters. The average Bonchev–Trinajstić information content (AvgIpc) is 2.77. The molecule has 0 aliphatic carbocycles. The number of methoxy groups -OCH3 is 1. The fourth-order valence-electron chi connectivity index (χ4n) is 4.24. The third kappa shape index (κ3) is 5.33. The minimum Gasteiger partial charge on any atom is -0.493 e. The predicted octanol–water partition coefficient (Wildman–Crippen LogP) is 4.57. The second kappa shape index (κ2) is 10.3. The summed E-state index contributed by atoms with van der Waals surface area (Å²) in [5.74, 6) is -0.775. The van der Waals surface area contributed by atoms with Gasteiger partial charge in [-0.15, -0.1) is 0 Å². The Hall–Kier alpha value is -2.72. The Bertz CT molecular complexity index is 1150. The van der Waals surface area contributed by atoms with Crippen LogP contribution in [0.3, 0.4) is 0 Å². The highest BCUT2D eigenvalue weighted by atomic mass is 32.2. The van der Waals surface area contributed by atoms with Crippen LogP contribution >= 0.6 is 0 Å². The number of benzene rings is 2. The summed E-state index contributed by atoms with van der Waals surface area (Å²) in [5.41, 5.74) is 3.61. The largest absolute Gasteiger partial charge is 0.493 e. The normalized spacial score (nSPS) is 15.4. The molecule has 0 saturated carbocycles. The Balaban J connectivity index is 1.70. The Morgan fingerprint density at radius 3 is 2.15 bits per heavy atom. The molecule has 34 heavy (non-hydrogen) atoms. The Morgan fingerprint density at radius 1 is 1.03 bits per heavy atom. The van der Waals surface area contributed by atoms with Gasteiger partial charge in [0.2, 0.25) is 15.9 Å².